The summed E-state index contributed by atoms with van der Waals surface area (Å²) in [6.45, 7) is 3.44. The van der Waals surface area contributed by atoms with Crippen LogP contribution in [-0.2, 0) is 11.2 Å². The summed E-state index contributed by atoms with van der Waals surface area (Å²) in [5.41, 5.74) is 6.88. The Bertz CT molecular complexity index is 507. The van der Waals surface area contributed by atoms with E-state index in [1.165, 1.54) is 5.69 Å². The predicted molar refractivity (Wildman–Crippen MR) is 75.6 cm³/mol. The number of fused-ring (bicyclic) bond motifs is 1. The van der Waals surface area contributed by atoms with E-state index in [0.29, 0.717) is 13.2 Å². The molecular formula is C12H20N4OS. The number of ether oxygens (including phenoxy) is 1. The Balaban J connectivity index is 2.36. The van der Waals surface area contributed by atoms with Crippen LogP contribution in [0.2, 0.25) is 0 Å². The highest BCUT2D eigenvalue weighted by Crippen LogP contribution is 2.25. The summed E-state index contributed by atoms with van der Waals surface area (Å²) in [7, 11) is 3.77. The fourth-order valence-corrected chi connectivity index (χ4v) is 2.76. The lowest BCUT2D eigenvalue weighted by Crippen LogP contribution is -2.33. The number of rotatable bonds is 6. The topological polar surface area (TPSA) is 55.8 Å². The molecule has 0 bridgehead atoms. The normalized spacial score (nSPS) is 13.1. The number of likely N-dealkylation sites (N-methyl/N-ethyl adjacent to an activating group) is 1. The summed E-state index contributed by atoms with van der Waals surface area (Å²) in [6.07, 6.45) is 2.88. The minimum Gasteiger partial charge on any atom is -0.383 e. The second kappa shape index (κ2) is 5.69. The number of thiazole rings is 1. The van der Waals surface area contributed by atoms with Crippen molar-refractivity contribution >= 4 is 22.1 Å². The van der Waals surface area contributed by atoms with E-state index in [1.54, 1.807) is 18.4 Å². The monoisotopic (exact) mass is 268 g/mol. The molecule has 2 aromatic rings. The average Bonchev–Trinajstić information content (AvgIpc) is 2.91. The number of nitrogens with two attached hydrogens (primary N) is 1. The van der Waals surface area contributed by atoms with Crippen molar-refractivity contribution in [1.82, 2.24) is 9.38 Å². The van der Waals surface area contributed by atoms with Crippen LogP contribution in [-0.4, -0.2) is 42.7 Å². The smallest absolute Gasteiger partial charge is 0.195 e. The van der Waals surface area contributed by atoms with Crippen LogP contribution in [0.25, 0.3) is 4.96 Å². The third-order valence-corrected chi connectivity index (χ3v) is 3.88. The number of anilines is 1. The molecule has 2 N–H and O–H groups in total. The van der Waals surface area contributed by atoms with Gasteiger partial charge in [0.05, 0.1) is 18.3 Å². The molecule has 0 radical (unpaired) electrons. The average molecular weight is 268 g/mol. The maximum Gasteiger partial charge on any atom is 0.195 e. The maximum absolute atomic E-state index is 5.70. The molecule has 0 aromatic carbocycles. The van der Waals surface area contributed by atoms with Gasteiger partial charge in [-0.3, -0.25) is 4.40 Å². The van der Waals surface area contributed by atoms with E-state index in [1.807, 2.05) is 5.38 Å². The van der Waals surface area contributed by atoms with Crippen LogP contribution in [0.3, 0.4) is 0 Å². The Morgan fingerprint density at radius 1 is 1.61 bits per heavy atom. The molecule has 18 heavy (non-hydrogen) atoms. The molecule has 2 heterocycles. The van der Waals surface area contributed by atoms with Gasteiger partial charge in [0.1, 0.15) is 0 Å². The number of imidazole rings is 1. The number of aromatic nitrogens is 2. The quantitative estimate of drug-likeness (QED) is 0.859. The number of methoxy groups -OCH3 is 1. The summed E-state index contributed by atoms with van der Waals surface area (Å²) < 4.78 is 7.33. The first kappa shape index (κ1) is 13.3. The van der Waals surface area contributed by atoms with Crippen molar-refractivity contribution in [3.8, 4) is 0 Å². The number of hydrogen-bond acceptors (Lipinski definition) is 5. The minimum atomic E-state index is 0.288. The first-order chi connectivity index (χ1) is 8.69. The maximum atomic E-state index is 5.70. The van der Waals surface area contributed by atoms with E-state index in [0.717, 1.165) is 17.2 Å². The molecule has 1 unspecified atom stereocenters. The van der Waals surface area contributed by atoms with Gasteiger partial charge in [-0.1, -0.05) is 0 Å². The van der Waals surface area contributed by atoms with Crippen LogP contribution in [0.15, 0.2) is 11.6 Å². The Hall–Kier alpha value is -1.11. The second-order valence-electron chi connectivity index (χ2n) is 4.39. The van der Waals surface area contributed by atoms with Crippen molar-refractivity contribution in [2.75, 3.05) is 32.2 Å². The van der Waals surface area contributed by atoms with Crippen LogP contribution >= 0.6 is 11.3 Å². The first-order valence-corrected chi connectivity index (χ1v) is 6.93. The summed E-state index contributed by atoms with van der Waals surface area (Å²) in [6, 6.07) is 0.288. The molecule has 0 spiro atoms. The highest BCUT2D eigenvalue weighted by molar-refractivity contribution is 7.15. The third-order valence-electron chi connectivity index (χ3n) is 3.12. The summed E-state index contributed by atoms with van der Waals surface area (Å²) in [4.78, 5) is 7.87. The van der Waals surface area contributed by atoms with Crippen molar-refractivity contribution in [2.24, 2.45) is 5.73 Å². The molecule has 2 aromatic heterocycles. The lowest BCUT2D eigenvalue weighted by molar-refractivity contribution is 0.183. The molecule has 1 atom stereocenters. The fraction of sp³-hybridized carbons (Fsp3) is 0.583. The SMILES string of the molecule is COCC(C)N(C)c1nc2sccn2c1CCN. The van der Waals surface area contributed by atoms with Crippen molar-refractivity contribution < 1.29 is 4.74 Å². The number of nitrogens with zero attached hydrogens (tertiary/aromatic N) is 3. The zero-order valence-electron chi connectivity index (χ0n) is 11.1. The van der Waals surface area contributed by atoms with E-state index in [-0.39, 0.29) is 6.04 Å². The molecule has 0 saturated carbocycles. The molecule has 0 saturated heterocycles. The van der Waals surface area contributed by atoms with E-state index < -0.39 is 0 Å². The summed E-state index contributed by atoms with van der Waals surface area (Å²) in [5.74, 6) is 1.01. The van der Waals surface area contributed by atoms with Crippen LogP contribution < -0.4 is 10.6 Å². The molecule has 2 rings (SSSR count). The van der Waals surface area contributed by atoms with Gasteiger partial charge in [-0.05, 0) is 13.5 Å². The molecule has 100 valence electrons. The predicted octanol–water partition coefficient (Wildman–Crippen LogP) is 1.37. The van der Waals surface area contributed by atoms with Crippen LogP contribution in [0, 0.1) is 0 Å². The molecule has 0 aliphatic carbocycles. The zero-order valence-corrected chi connectivity index (χ0v) is 11.9. The van der Waals surface area contributed by atoms with Gasteiger partial charge in [-0.2, -0.15) is 0 Å². The van der Waals surface area contributed by atoms with E-state index in [4.69, 9.17) is 15.5 Å². The van der Waals surface area contributed by atoms with Crippen LogP contribution in [0.4, 0.5) is 5.82 Å². The van der Waals surface area contributed by atoms with Gasteiger partial charge in [-0.15, -0.1) is 11.3 Å². The van der Waals surface area contributed by atoms with Crippen molar-refractivity contribution in [1.29, 1.82) is 0 Å². The van der Waals surface area contributed by atoms with Gasteiger partial charge >= 0.3 is 0 Å². The standard InChI is InChI=1S/C12H20N4OS/c1-9(8-17-3)15(2)11-10(4-5-13)16-6-7-18-12(16)14-11/h6-7,9H,4-5,8,13H2,1-3H3. The van der Waals surface area contributed by atoms with Crippen molar-refractivity contribution in [3.63, 3.8) is 0 Å². The Morgan fingerprint density at radius 3 is 3.06 bits per heavy atom. The third kappa shape index (κ3) is 2.36. The molecule has 0 aliphatic rings. The summed E-state index contributed by atoms with van der Waals surface area (Å²) in [5, 5.41) is 2.05. The van der Waals surface area contributed by atoms with Gasteiger partial charge in [0.15, 0.2) is 10.8 Å². The highest BCUT2D eigenvalue weighted by atomic mass is 32.1. The second-order valence-corrected chi connectivity index (χ2v) is 5.26. The molecule has 6 heteroatoms. The van der Waals surface area contributed by atoms with Gasteiger partial charge in [-0.25, -0.2) is 4.98 Å². The van der Waals surface area contributed by atoms with Gasteiger partial charge in [0, 0.05) is 32.2 Å². The highest BCUT2D eigenvalue weighted by Gasteiger charge is 2.19. The van der Waals surface area contributed by atoms with Gasteiger partial charge < -0.3 is 15.4 Å². The minimum absolute atomic E-state index is 0.288. The van der Waals surface area contributed by atoms with Gasteiger partial charge in [0.2, 0.25) is 0 Å². The molecule has 0 aliphatic heterocycles. The van der Waals surface area contributed by atoms with Crippen LogP contribution in [0.1, 0.15) is 12.6 Å². The molecular weight excluding hydrogens is 248 g/mol. The largest absolute Gasteiger partial charge is 0.383 e. The lowest BCUT2D eigenvalue weighted by atomic mass is 10.2. The fourth-order valence-electron chi connectivity index (χ4n) is 2.03. The lowest BCUT2D eigenvalue weighted by Gasteiger charge is -2.25. The Morgan fingerprint density at radius 2 is 2.39 bits per heavy atom. The van der Waals surface area contributed by atoms with Gasteiger partial charge in [0.25, 0.3) is 0 Å². The van der Waals surface area contributed by atoms with E-state index in [2.05, 4.69) is 29.5 Å². The zero-order chi connectivity index (χ0) is 13.1. The Kier molecular flexibility index (Phi) is 4.21. The van der Waals surface area contributed by atoms with Crippen molar-refractivity contribution in [2.45, 2.75) is 19.4 Å². The summed E-state index contributed by atoms with van der Waals surface area (Å²) >= 11 is 1.64. The van der Waals surface area contributed by atoms with E-state index in [9.17, 15) is 0 Å². The van der Waals surface area contributed by atoms with E-state index >= 15 is 0 Å². The first-order valence-electron chi connectivity index (χ1n) is 6.05. The van der Waals surface area contributed by atoms with Crippen LogP contribution in [0.5, 0.6) is 0 Å². The molecule has 0 fully saturated rings. The molecule has 0 amide bonds. The Labute approximate surface area is 111 Å². The van der Waals surface area contributed by atoms with Crippen molar-refractivity contribution in [3.05, 3.63) is 17.3 Å². The number of hydrogen-bond donors (Lipinski definition) is 1. The molecule has 5 nitrogen and oxygen atoms in total.